The van der Waals surface area contributed by atoms with Gasteiger partial charge in [0.25, 0.3) is 0 Å². The number of furan rings is 1. The minimum atomic E-state index is -0.235. The van der Waals surface area contributed by atoms with Gasteiger partial charge in [-0.05, 0) is 36.6 Å². The molecule has 29 heavy (non-hydrogen) atoms. The van der Waals surface area contributed by atoms with E-state index in [1.165, 1.54) is 13.1 Å². The molecule has 5 heterocycles. The van der Waals surface area contributed by atoms with E-state index < -0.39 is 0 Å². The van der Waals surface area contributed by atoms with Gasteiger partial charge in [-0.3, -0.25) is 4.90 Å². The van der Waals surface area contributed by atoms with E-state index in [0.29, 0.717) is 18.9 Å². The van der Waals surface area contributed by atoms with Gasteiger partial charge in [-0.1, -0.05) is 0 Å². The number of amides is 1. The zero-order valence-corrected chi connectivity index (χ0v) is 17.9. The molecular formula is C22H31N2O4S+. The van der Waals surface area contributed by atoms with E-state index in [1.807, 2.05) is 36.6 Å². The molecule has 3 aliphatic heterocycles. The first-order chi connectivity index (χ1) is 14.2. The van der Waals surface area contributed by atoms with Crippen LogP contribution in [0, 0.1) is 5.92 Å². The molecule has 3 aliphatic rings. The minimum Gasteiger partial charge on any atom is -0.469 e. The van der Waals surface area contributed by atoms with E-state index in [2.05, 4.69) is 0 Å². The predicted molar refractivity (Wildman–Crippen MR) is 113 cm³/mol. The summed E-state index contributed by atoms with van der Waals surface area (Å²) in [6.45, 7) is 8.42. The standard InChI is InChI=1S/C22H31N2O4S/c1-2-26-15-13-24-11-8-18(9-12-24)20(17-24)28-22(25)23(21-6-4-16-29-21)10-7-19-5-3-14-27-19/h3-6,14,16,18,20H,2,7-13,15,17H2,1H3/q+1/t18?,20-,24?/m0/s1. The number of rotatable bonds is 9. The van der Waals surface area contributed by atoms with Crippen LogP contribution in [0.3, 0.4) is 0 Å². The number of thiophene rings is 1. The van der Waals surface area contributed by atoms with E-state index in [9.17, 15) is 4.79 Å². The second kappa shape index (κ2) is 9.32. The van der Waals surface area contributed by atoms with Gasteiger partial charge in [-0.15, -0.1) is 11.3 Å². The van der Waals surface area contributed by atoms with Gasteiger partial charge in [-0.2, -0.15) is 0 Å². The summed E-state index contributed by atoms with van der Waals surface area (Å²) in [6.07, 6.45) is 4.37. The molecule has 5 rings (SSSR count). The average molecular weight is 420 g/mol. The molecule has 6 nitrogen and oxygen atoms in total. The molecule has 1 amide bonds. The number of fused-ring (bicyclic) bond motifs is 3. The summed E-state index contributed by atoms with van der Waals surface area (Å²) in [7, 11) is 0. The van der Waals surface area contributed by atoms with E-state index in [1.54, 1.807) is 22.5 Å². The smallest absolute Gasteiger partial charge is 0.415 e. The van der Waals surface area contributed by atoms with E-state index in [-0.39, 0.29) is 12.2 Å². The maximum atomic E-state index is 13.2. The van der Waals surface area contributed by atoms with Crippen molar-refractivity contribution < 1.29 is 23.2 Å². The molecule has 0 radical (unpaired) electrons. The van der Waals surface area contributed by atoms with E-state index in [0.717, 1.165) is 54.4 Å². The molecule has 2 aromatic rings. The largest absolute Gasteiger partial charge is 0.469 e. The summed E-state index contributed by atoms with van der Waals surface area (Å²) in [5.41, 5.74) is 0. The number of hydrogen-bond acceptors (Lipinski definition) is 5. The molecule has 158 valence electrons. The number of quaternary nitrogens is 1. The van der Waals surface area contributed by atoms with Crippen LogP contribution < -0.4 is 4.90 Å². The van der Waals surface area contributed by atoms with Crippen molar-refractivity contribution in [3.05, 3.63) is 41.7 Å². The summed E-state index contributed by atoms with van der Waals surface area (Å²) in [5.74, 6) is 1.36. The van der Waals surface area contributed by atoms with Crippen molar-refractivity contribution in [2.24, 2.45) is 5.92 Å². The van der Waals surface area contributed by atoms with Gasteiger partial charge in [0.2, 0.25) is 0 Å². The van der Waals surface area contributed by atoms with Crippen molar-refractivity contribution in [2.45, 2.75) is 32.3 Å². The molecule has 0 unspecified atom stereocenters. The lowest BCUT2D eigenvalue weighted by atomic mass is 9.83. The average Bonchev–Trinajstić information content (AvgIpc) is 3.44. The predicted octanol–water partition coefficient (Wildman–Crippen LogP) is 4.17. The quantitative estimate of drug-likeness (QED) is 0.452. The molecule has 3 saturated heterocycles. The molecule has 2 bridgehead atoms. The van der Waals surface area contributed by atoms with Crippen LogP contribution in [0.15, 0.2) is 40.3 Å². The first-order valence-electron chi connectivity index (χ1n) is 10.7. The maximum Gasteiger partial charge on any atom is 0.415 e. The summed E-state index contributed by atoms with van der Waals surface area (Å²) in [4.78, 5) is 14.9. The Hall–Kier alpha value is -1.83. The lowest BCUT2D eigenvalue weighted by molar-refractivity contribution is -0.946. The molecule has 7 heteroatoms. The summed E-state index contributed by atoms with van der Waals surface area (Å²) in [6, 6.07) is 7.76. The fourth-order valence-corrected chi connectivity index (χ4v) is 5.40. The number of nitrogens with zero attached hydrogens (tertiary/aromatic N) is 2. The van der Waals surface area contributed by atoms with Crippen LogP contribution in [0.2, 0.25) is 0 Å². The number of carbonyl (C=O) groups is 1. The Morgan fingerprint density at radius 3 is 2.86 bits per heavy atom. The van der Waals surface area contributed by atoms with Gasteiger partial charge < -0.3 is 18.4 Å². The molecule has 0 spiro atoms. The second-order valence-corrected chi connectivity index (χ2v) is 9.01. The van der Waals surface area contributed by atoms with Gasteiger partial charge in [-0.25, -0.2) is 4.79 Å². The molecule has 0 N–H and O–H groups in total. The zero-order valence-electron chi connectivity index (χ0n) is 17.1. The fourth-order valence-electron chi connectivity index (χ4n) is 4.66. The van der Waals surface area contributed by atoms with Gasteiger partial charge in [0.15, 0.2) is 6.10 Å². The van der Waals surface area contributed by atoms with Crippen molar-refractivity contribution in [3.63, 3.8) is 0 Å². The highest BCUT2D eigenvalue weighted by molar-refractivity contribution is 7.14. The number of carbonyl (C=O) groups excluding carboxylic acids is 1. The van der Waals surface area contributed by atoms with Crippen LogP contribution in [-0.4, -0.2) is 62.6 Å². The van der Waals surface area contributed by atoms with E-state index in [4.69, 9.17) is 13.9 Å². The Balaban J connectivity index is 1.40. The van der Waals surface area contributed by atoms with Gasteiger partial charge in [0.05, 0.1) is 26.0 Å². The molecule has 1 atom stereocenters. The Kier molecular flexibility index (Phi) is 6.57. The van der Waals surface area contributed by atoms with Gasteiger partial charge in [0.1, 0.15) is 23.9 Å². The third-order valence-electron chi connectivity index (χ3n) is 6.36. The fraction of sp³-hybridized carbons (Fsp3) is 0.591. The highest BCUT2D eigenvalue weighted by Crippen LogP contribution is 2.36. The molecule has 0 saturated carbocycles. The second-order valence-electron chi connectivity index (χ2n) is 8.08. The van der Waals surface area contributed by atoms with Crippen LogP contribution in [0.25, 0.3) is 0 Å². The van der Waals surface area contributed by atoms with Crippen LogP contribution in [0.5, 0.6) is 0 Å². The third kappa shape index (κ3) is 4.85. The van der Waals surface area contributed by atoms with Crippen LogP contribution in [0.4, 0.5) is 9.80 Å². The molecule has 3 fully saturated rings. The van der Waals surface area contributed by atoms with Crippen molar-refractivity contribution in [1.82, 2.24) is 0 Å². The highest BCUT2D eigenvalue weighted by atomic mass is 32.1. The Morgan fingerprint density at radius 1 is 1.31 bits per heavy atom. The molecule has 0 aliphatic carbocycles. The minimum absolute atomic E-state index is 0.00213. The highest BCUT2D eigenvalue weighted by Gasteiger charge is 2.47. The Morgan fingerprint density at radius 2 is 2.17 bits per heavy atom. The SMILES string of the molecule is CCOCC[N+]12CCC(CC1)[C@@H](OC(=O)N(CCc1ccco1)c1cccs1)C2. The monoisotopic (exact) mass is 419 g/mol. The van der Waals surface area contributed by atoms with Crippen LogP contribution in [0.1, 0.15) is 25.5 Å². The van der Waals surface area contributed by atoms with Crippen molar-refractivity contribution in [2.75, 3.05) is 50.8 Å². The summed E-state index contributed by atoms with van der Waals surface area (Å²) in [5, 5.41) is 2.91. The number of piperidine rings is 3. The lowest BCUT2D eigenvalue weighted by Crippen LogP contribution is -2.65. The van der Waals surface area contributed by atoms with Crippen LogP contribution >= 0.6 is 11.3 Å². The normalized spacial score (nSPS) is 25.8. The van der Waals surface area contributed by atoms with Crippen LogP contribution in [-0.2, 0) is 15.9 Å². The Bertz CT molecular complexity index is 754. The lowest BCUT2D eigenvalue weighted by Gasteiger charge is -2.52. The number of hydrogen-bond donors (Lipinski definition) is 0. The summed E-state index contributed by atoms with van der Waals surface area (Å²) < 4.78 is 18.2. The topological polar surface area (TPSA) is 51.9 Å². The molecular weight excluding hydrogens is 388 g/mol. The first-order valence-corrected chi connectivity index (χ1v) is 11.5. The Labute approximate surface area is 176 Å². The van der Waals surface area contributed by atoms with Crippen molar-refractivity contribution in [3.8, 4) is 0 Å². The summed E-state index contributed by atoms with van der Waals surface area (Å²) >= 11 is 1.56. The van der Waals surface area contributed by atoms with Crippen molar-refractivity contribution >= 4 is 22.4 Å². The van der Waals surface area contributed by atoms with Gasteiger partial charge in [0, 0.05) is 38.3 Å². The third-order valence-corrected chi connectivity index (χ3v) is 7.25. The van der Waals surface area contributed by atoms with Crippen molar-refractivity contribution in [1.29, 1.82) is 0 Å². The molecule has 0 aromatic carbocycles. The molecule has 2 aromatic heterocycles. The van der Waals surface area contributed by atoms with E-state index >= 15 is 0 Å². The van der Waals surface area contributed by atoms with Gasteiger partial charge >= 0.3 is 6.09 Å². The number of anilines is 1. The number of ether oxygens (including phenoxy) is 2. The maximum absolute atomic E-state index is 13.2. The zero-order chi connectivity index (χ0) is 20.1. The first kappa shape index (κ1) is 20.4.